The lowest BCUT2D eigenvalue weighted by Gasteiger charge is -2.03. The van der Waals surface area contributed by atoms with Crippen molar-refractivity contribution in [3.8, 4) is 0 Å². The number of hydrogen-bond donors (Lipinski definition) is 0. The summed E-state index contributed by atoms with van der Waals surface area (Å²) in [6.45, 7) is 1.40. The van der Waals surface area contributed by atoms with Gasteiger partial charge in [0, 0.05) is 0 Å². The molecule has 3 nitrogen and oxygen atoms in total. The number of carbonyl (C=O) groups excluding carboxylic acids is 1. The van der Waals surface area contributed by atoms with Crippen molar-refractivity contribution in [1.29, 1.82) is 0 Å². The molecular formula is C8H7F2NO2. The predicted octanol–water partition coefficient (Wildman–Crippen LogP) is 1.45. The van der Waals surface area contributed by atoms with Crippen LogP contribution in [0, 0.1) is 18.6 Å². The highest BCUT2D eigenvalue weighted by Crippen LogP contribution is 2.14. The zero-order valence-electron chi connectivity index (χ0n) is 7.10. The first-order valence-corrected chi connectivity index (χ1v) is 3.46. The Morgan fingerprint density at radius 1 is 1.54 bits per heavy atom. The van der Waals surface area contributed by atoms with Gasteiger partial charge in [-0.3, -0.25) is 4.98 Å². The van der Waals surface area contributed by atoms with Crippen molar-refractivity contribution in [2.75, 3.05) is 7.11 Å². The van der Waals surface area contributed by atoms with Crippen LogP contribution in [0.1, 0.15) is 16.1 Å². The number of carbonyl (C=O) groups is 1. The summed E-state index contributed by atoms with van der Waals surface area (Å²) in [6.07, 6.45) is 0.719. The summed E-state index contributed by atoms with van der Waals surface area (Å²) in [5.41, 5.74) is -0.353. The predicted molar refractivity (Wildman–Crippen MR) is 40.2 cm³/mol. The molecule has 0 spiro atoms. The van der Waals surface area contributed by atoms with E-state index in [0.717, 1.165) is 13.3 Å². The van der Waals surface area contributed by atoms with Crippen molar-refractivity contribution in [2.24, 2.45) is 0 Å². The maximum absolute atomic E-state index is 13.0. The average molecular weight is 187 g/mol. The van der Waals surface area contributed by atoms with Gasteiger partial charge in [-0.25, -0.2) is 13.6 Å². The zero-order chi connectivity index (χ0) is 10.0. The second kappa shape index (κ2) is 3.47. The third-order valence-corrected chi connectivity index (χ3v) is 1.55. The van der Waals surface area contributed by atoms with E-state index >= 15 is 0 Å². The van der Waals surface area contributed by atoms with E-state index in [1.807, 2.05) is 0 Å². The Balaban J connectivity index is 3.33. The number of aromatic nitrogens is 1. The van der Waals surface area contributed by atoms with E-state index in [4.69, 9.17) is 0 Å². The van der Waals surface area contributed by atoms with E-state index in [0.29, 0.717) is 0 Å². The zero-order valence-corrected chi connectivity index (χ0v) is 7.10. The molecule has 0 amide bonds. The van der Waals surface area contributed by atoms with Crippen LogP contribution in [0.25, 0.3) is 0 Å². The van der Waals surface area contributed by atoms with Gasteiger partial charge in [0.05, 0.1) is 19.0 Å². The minimum atomic E-state index is -1.22. The average Bonchev–Trinajstić information content (AvgIpc) is 2.12. The molecule has 1 aromatic rings. The van der Waals surface area contributed by atoms with Gasteiger partial charge in [0.1, 0.15) is 5.56 Å². The molecule has 0 aliphatic rings. The highest BCUT2D eigenvalue weighted by molar-refractivity contribution is 5.90. The van der Waals surface area contributed by atoms with Crippen LogP contribution in [0.2, 0.25) is 0 Å². The highest BCUT2D eigenvalue weighted by Gasteiger charge is 2.19. The summed E-state index contributed by atoms with van der Waals surface area (Å²) in [4.78, 5) is 14.4. The van der Waals surface area contributed by atoms with E-state index in [2.05, 4.69) is 9.72 Å². The molecule has 0 fully saturated rings. The SMILES string of the molecule is COC(=O)c1c(C)ncc(F)c1F. The Bertz CT molecular complexity index is 352. The standard InChI is InChI=1S/C8H7F2NO2/c1-4-6(8(12)13-2)7(10)5(9)3-11-4/h3H,1-2H3. The molecule has 0 saturated carbocycles. The number of halogens is 2. The van der Waals surface area contributed by atoms with E-state index < -0.39 is 23.2 Å². The number of ether oxygens (including phenoxy) is 1. The highest BCUT2D eigenvalue weighted by atomic mass is 19.2. The van der Waals surface area contributed by atoms with Crippen LogP contribution in [0.5, 0.6) is 0 Å². The molecule has 0 radical (unpaired) electrons. The minimum Gasteiger partial charge on any atom is -0.465 e. The third kappa shape index (κ3) is 1.63. The maximum Gasteiger partial charge on any atom is 0.342 e. The molecule has 0 unspecified atom stereocenters. The van der Waals surface area contributed by atoms with Crippen molar-refractivity contribution in [3.63, 3.8) is 0 Å². The van der Waals surface area contributed by atoms with Gasteiger partial charge < -0.3 is 4.74 Å². The molecule has 70 valence electrons. The fourth-order valence-electron chi connectivity index (χ4n) is 0.892. The molecule has 0 aliphatic heterocycles. The van der Waals surface area contributed by atoms with E-state index in [9.17, 15) is 13.6 Å². The smallest absolute Gasteiger partial charge is 0.342 e. The molecular weight excluding hydrogens is 180 g/mol. The summed E-state index contributed by atoms with van der Waals surface area (Å²) in [5, 5.41) is 0. The third-order valence-electron chi connectivity index (χ3n) is 1.55. The van der Waals surface area contributed by atoms with Crippen molar-refractivity contribution in [2.45, 2.75) is 6.92 Å². The van der Waals surface area contributed by atoms with Gasteiger partial charge in [0.25, 0.3) is 0 Å². The first kappa shape index (κ1) is 9.57. The van der Waals surface area contributed by atoms with E-state index in [-0.39, 0.29) is 5.69 Å². The van der Waals surface area contributed by atoms with E-state index in [1.165, 1.54) is 6.92 Å². The first-order chi connectivity index (χ1) is 6.07. The Kier molecular flexibility index (Phi) is 2.55. The van der Waals surface area contributed by atoms with Gasteiger partial charge in [-0.15, -0.1) is 0 Å². The Morgan fingerprint density at radius 3 is 2.69 bits per heavy atom. The number of aryl methyl sites for hydroxylation is 1. The lowest BCUT2D eigenvalue weighted by Crippen LogP contribution is -2.10. The van der Waals surface area contributed by atoms with Gasteiger partial charge in [-0.2, -0.15) is 0 Å². The van der Waals surface area contributed by atoms with Crippen LogP contribution in [0.15, 0.2) is 6.20 Å². The molecule has 0 aliphatic carbocycles. The maximum atomic E-state index is 13.0. The van der Waals surface area contributed by atoms with Gasteiger partial charge >= 0.3 is 5.97 Å². The Labute approximate surface area is 73.4 Å². The van der Waals surface area contributed by atoms with Crippen molar-refractivity contribution < 1.29 is 18.3 Å². The lowest BCUT2D eigenvalue weighted by atomic mass is 10.2. The van der Waals surface area contributed by atoms with Crippen LogP contribution in [0.3, 0.4) is 0 Å². The quantitative estimate of drug-likeness (QED) is 0.624. The van der Waals surface area contributed by atoms with Crippen LogP contribution in [0.4, 0.5) is 8.78 Å². The molecule has 5 heteroatoms. The van der Waals surface area contributed by atoms with Crippen LogP contribution < -0.4 is 0 Å². The number of pyridine rings is 1. The number of methoxy groups -OCH3 is 1. The van der Waals surface area contributed by atoms with Gasteiger partial charge in [-0.1, -0.05) is 0 Å². The fourth-order valence-corrected chi connectivity index (χ4v) is 0.892. The Morgan fingerprint density at radius 2 is 2.15 bits per heavy atom. The van der Waals surface area contributed by atoms with Crippen molar-refractivity contribution in [1.82, 2.24) is 4.98 Å². The van der Waals surface area contributed by atoms with Gasteiger partial charge in [0.15, 0.2) is 11.6 Å². The minimum absolute atomic E-state index is 0.103. The second-order valence-corrected chi connectivity index (χ2v) is 2.37. The van der Waals surface area contributed by atoms with Gasteiger partial charge in [-0.05, 0) is 6.92 Å². The fraction of sp³-hybridized carbons (Fsp3) is 0.250. The molecule has 13 heavy (non-hydrogen) atoms. The normalized spacial score (nSPS) is 9.85. The first-order valence-electron chi connectivity index (χ1n) is 3.46. The molecule has 0 N–H and O–H groups in total. The topological polar surface area (TPSA) is 39.2 Å². The summed E-state index contributed by atoms with van der Waals surface area (Å²) in [7, 11) is 1.09. The molecule has 1 aromatic heterocycles. The largest absolute Gasteiger partial charge is 0.465 e. The number of esters is 1. The second-order valence-electron chi connectivity index (χ2n) is 2.37. The summed E-state index contributed by atoms with van der Waals surface area (Å²) < 4.78 is 29.9. The van der Waals surface area contributed by atoms with Gasteiger partial charge in [0.2, 0.25) is 0 Å². The van der Waals surface area contributed by atoms with Crippen LogP contribution in [-0.4, -0.2) is 18.1 Å². The number of rotatable bonds is 1. The molecule has 0 atom stereocenters. The van der Waals surface area contributed by atoms with Crippen molar-refractivity contribution >= 4 is 5.97 Å². The number of nitrogens with zero attached hydrogens (tertiary/aromatic N) is 1. The summed E-state index contributed by atoms with van der Waals surface area (Å²) in [5.74, 6) is -3.31. The van der Waals surface area contributed by atoms with E-state index in [1.54, 1.807) is 0 Å². The molecule has 1 heterocycles. The van der Waals surface area contributed by atoms with Crippen molar-refractivity contribution in [3.05, 3.63) is 29.1 Å². The lowest BCUT2D eigenvalue weighted by molar-refractivity contribution is 0.0592. The van der Waals surface area contributed by atoms with Crippen LogP contribution in [-0.2, 0) is 4.74 Å². The summed E-state index contributed by atoms with van der Waals surface area (Å²) >= 11 is 0. The van der Waals surface area contributed by atoms with Crippen LogP contribution >= 0.6 is 0 Å². The molecule has 0 saturated heterocycles. The summed E-state index contributed by atoms with van der Waals surface area (Å²) in [6, 6.07) is 0. The molecule has 0 aromatic carbocycles. The Hall–Kier alpha value is -1.52. The molecule has 1 rings (SSSR count). The molecule has 0 bridgehead atoms. The number of hydrogen-bond acceptors (Lipinski definition) is 3. The monoisotopic (exact) mass is 187 g/mol.